The van der Waals surface area contributed by atoms with E-state index >= 15 is 0 Å². The smallest absolute Gasteiger partial charge is 0.274 e. The van der Waals surface area contributed by atoms with Crippen LogP contribution in [0, 0.1) is 27.3 Å². The summed E-state index contributed by atoms with van der Waals surface area (Å²) in [6.07, 6.45) is 0. The maximum absolute atomic E-state index is 13.7. The Morgan fingerprint density at radius 3 is 2.65 bits per heavy atom. The van der Waals surface area contributed by atoms with Crippen molar-refractivity contribution >= 4 is 21.6 Å². The van der Waals surface area contributed by atoms with Crippen LogP contribution < -0.4 is 4.74 Å². The fraction of sp³-hybridized carbons (Fsp3) is 0. The molecule has 20 heavy (non-hydrogen) atoms. The first kappa shape index (κ1) is 14.0. The number of nitrogens with zero attached hydrogens (tertiary/aromatic N) is 2. The van der Waals surface area contributed by atoms with Crippen LogP contribution >= 0.6 is 15.9 Å². The van der Waals surface area contributed by atoms with Gasteiger partial charge in [0.15, 0.2) is 11.6 Å². The molecular formula is C13H6BrFN2O3. The highest BCUT2D eigenvalue weighted by molar-refractivity contribution is 9.10. The van der Waals surface area contributed by atoms with E-state index in [2.05, 4.69) is 15.9 Å². The molecule has 0 aliphatic rings. The third-order valence-electron chi connectivity index (χ3n) is 2.36. The predicted molar refractivity (Wildman–Crippen MR) is 72.0 cm³/mol. The third-order valence-corrected chi connectivity index (χ3v) is 2.81. The largest absolute Gasteiger partial charge is 0.454 e. The number of hydrogen-bond acceptors (Lipinski definition) is 4. The van der Waals surface area contributed by atoms with Crippen LogP contribution in [0.25, 0.3) is 0 Å². The molecule has 100 valence electrons. The first-order valence-electron chi connectivity index (χ1n) is 5.32. The molecule has 0 N–H and O–H groups in total. The van der Waals surface area contributed by atoms with Crippen LogP contribution in [0.15, 0.2) is 40.9 Å². The van der Waals surface area contributed by atoms with Gasteiger partial charge in [-0.1, -0.05) is 15.9 Å². The molecule has 0 saturated heterocycles. The lowest BCUT2D eigenvalue weighted by Crippen LogP contribution is -1.92. The maximum Gasteiger partial charge on any atom is 0.274 e. The molecule has 2 rings (SSSR count). The van der Waals surface area contributed by atoms with Gasteiger partial charge in [-0.25, -0.2) is 4.39 Å². The Labute approximate surface area is 121 Å². The normalized spacial score (nSPS) is 9.85. The highest BCUT2D eigenvalue weighted by Gasteiger charge is 2.12. The Kier molecular flexibility index (Phi) is 3.96. The standard InChI is InChI=1S/C13H6BrFN2O3/c14-9-4-10(17(18)19)6-11(5-9)20-13-2-1-8(7-16)3-12(13)15/h1-6H. The van der Waals surface area contributed by atoms with Crippen molar-refractivity contribution in [1.82, 2.24) is 0 Å². The van der Waals surface area contributed by atoms with Crippen LogP contribution in [0.4, 0.5) is 10.1 Å². The molecule has 0 aliphatic carbocycles. The van der Waals surface area contributed by atoms with Crippen molar-refractivity contribution in [2.75, 3.05) is 0 Å². The Bertz CT molecular complexity index is 728. The molecule has 7 heteroatoms. The molecule has 2 aromatic carbocycles. The number of nitriles is 1. The molecule has 0 aromatic heterocycles. The number of non-ortho nitro benzene ring substituents is 1. The molecule has 0 heterocycles. The quantitative estimate of drug-likeness (QED) is 0.622. The van der Waals surface area contributed by atoms with Crippen LogP contribution in [-0.2, 0) is 0 Å². The van der Waals surface area contributed by atoms with E-state index in [9.17, 15) is 14.5 Å². The summed E-state index contributed by atoms with van der Waals surface area (Å²) >= 11 is 3.11. The van der Waals surface area contributed by atoms with Crippen LogP contribution in [0.5, 0.6) is 11.5 Å². The summed E-state index contributed by atoms with van der Waals surface area (Å²) in [5.74, 6) is -0.710. The molecular weight excluding hydrogens is 331 g/mol. The number of ether oxygens (including phenoxy) is 1. The van der Waals surface area contributed by atoms with Gasteiger partial charge in [0, 0.05) is 10.5 Å². The van der Waals surface area contributed by atoms with Gasteiger partial charge in [-0.3, -0.25) is 10.1 Å². The zero-order chi connectivity index (χ0) is 14.7. The van der Waals surface area contributed by atoms with Gasteiger partial charge in [0.1, 0.15) is 5.75 Å². The summed E-state index contributed by atoms with van der Waals surface area (Å²) in [6, 6.07) is 9.48. The lowest BCUT2D eigenvalue weighted by Gasteiger charge is -2.07. The average molecular weight is 337 g/mol. The predicted octanol–water partition coefficient (Wildman–Crippen LogP) is 4.16. The second kappa shape index (κ2) is 5.67. The minimum absolute atomic E-state index is 0.114. The second-order valence-electron chi connectivity index (χ2n) is 3.76. The summed E-state index contributed by atoms with van der Waals surface area (Å²) in [5, 5.41) is 19.4. The molecule has 5 nitrogen and oxygen atoms in total. The summed E-state index contributed by atoms with van der Waals surface area (Å²) in [5.41, 5.74) is -0.0153. The van der Waals surface area contributed by atoms with Crippen LogP contribution in [0.1, 0.15) is 5.56 Å². The molecule has 0 aliphatic heterocycles. The molecule has 2 aromatic rings. The first-order valence-corrected chi connectivity index (χ1v) is 6.11. The maximum atomic E-state index is 13.7. The number of benzene rings is 2. The zero-order valence-corrected chi connectivity index (χ0v) is 11.4. The van der Waals surface area contributed by atoms with Gasteiger partial charge >= 0.3 is 0 Å². The first-order chi connectivity index (χ1) is 9.49. The van der Waals surface area contributed by atoms with E-state index < -0.39 is 10.7 Å². The number of hydrogen-bond donors (Lipinski definition) is 0. The Balaban J connectivity index is 2.35. The lowest BCUT2D eigenvalue weighted by molar-refractivity contribution is -0.385. The monoisotopic (exact) mass is 336 g/mol. The van der Waals surface area contributed by atoms with E-state index in [1.54, 1.807) is 6.07 Å². The molecule has 0 fully saturated rings. The summed E-state index contributed by atoms with van der Waals surface area (Å²) in [6.45, 7) is 0. The van der Waals surface area contributed by atoms with Crippen molar-refractivity contribution in [1.29, 1.82) is 5.26 Å². The van der Waals surface area contributed by atoms with E-state index in [0.717, 1.165) is 6.07 Å². The Morgan fingerprint density at radius 1 is 1.30 bits per heavy atom. The van der Waals surface area contributed by atoms with Gasteiger partial charge < -0.3 is 4.74 Å². The number of rotatable bonds is 3. The van der Waals surface area contributed by atoms with Gasteiger partial charge in [-0.05, 0) is 24.3 Å². The highest BCUT2D eigenvalue weighted by Crippen LogP contribution is 2.31. The topological polar surface area (TPSA) is 76.2 Å². The van der Waals surface area contributed by atoms with Crippen LogP contribution in [0.3, 0.4) is 0 Å². The number of halogens is 2. The number of nitro groups is 1. The van der Waals surface area contributed by atoms with Gasteiger partial charge in [0.25, 0.3) is 5.69 Å². The van der Waals surface area contributed by atoms with E-state index in [0.29, 0.717) is 4.47 Å². The lowest BCUT2D eigenvalue weighted by atomic mass is 10.2. The van der Waals surface area contributed by atoms with E-state index in [-0.39, 0.29) is 22.7 Å². The van der Waals surface area contributed by atoms with Gasteiger partial charge in [-0.2, -0.15) is 5.26 Å². The molecule has 0 spiro atoms. The zero-order valence-electron chi connectivity index (χ0n) is 9.84. The number of nitro benzene ring substituents is 1. The van der Waals surface area contributed by atoms with Crippen molar-refractivity contribution in [3.63, 3.8) is 0 Å². The van der Waals surface area contributed by atoms with Crippen molar-refractivity contribution < 1.29 is 14.1 Å². The van der Waals surface area contributed by atoms with Gasteiger partial charge in [0.05, 0.1) is 22.6 Å². The highest BCUT2D eigenvalue weighted by atomic mass is 79.9. The van der Waals surface area contributed by atoms with Crippen LogP contribution in [-0.4, -0.2) is 4.92 Å². The molecule has 0 atom stereocenters. The fourth-order valence-corrected chi connectivity index (χ4v) is 1.95. The Hall–Kier alpha value is -2.46. The van der Waals surface area contributed by atoms with Crippen LogP contribution in [0.2, 0.25) is 0 Å². The van der Waals surface area contributed by atoms with E-state index in [4.69, 9.17) is 10.00 Å². The van der Waals surface area contributed by atoms with Crippen molar-refractivity contribution in [3.05, 3.63) is 62.4 Å². The summed E-state index contributed by atoms with van der Waals surface area (Å²) in [4.78, 5) is 10.2. The minimum Gasteiger partial charge on any atom is -0.454 e. The average Bonchev–Trinajstić information content (AvgIpc) is 2.40. The summed E-state index contributed by atoms with van der Waals surface area (Å²) < 4.78 is 19.4. The van der Waals surface area contributed by atoms with Gasteiger partial charge in [0.2, 0.25) is 0 Å². The molecule has 0 bridgehead atoms. The second-order valence-corrected chi connectivity index (χ2v) is 4.68. The van der Waals surface area contributed by atoms with Crippen molar-refractivity contribution in [2.24, 2.45) is 0 Å². The minimum atomic E-state index is -0.716. The summed E-state index contributed by atoms with van der Waals surface area (Å²) in [7, 11) is 0. The molecule has 0 radical (unpaired) electrons. The SMILES string of the molecule is N#Cc1ccc(Oc2cc(Br)cc([N+](=O)[O-])c2)c(F)c1. The molecule has 0 amide bonds. The third kappa shape index (κ3) is 3.10. The van der Waals surface area contributed by atoms with E-state index in [1.165, 1.54) is 30.3 Å². The van der Waals surface area contributed by atoms with E-state index in [1.807, 2.05) is 0 Å². The fourth-order valence-electron chi connectivity index (χ4n) is 1.49. The molecule has 0 unspecified atom stereocenters. The van der Waals surface area contributed by atoms with Crippen molar-refractivity contribution in [3.8, 4) is 17.6 Å². The van der Waals surface area contributed by atoms with Crippen molar-refractivity contribution in [2.45, 2.75) is 0 Å². The Morgan fingerprint density at radius 2 is 2.05 bits per heavy atom. The molecule has 0 saturated carbocycles. The van der Waals surface area contributed by atoms with Gasteiger partial charge in [-0.15, -0.1) is 0 Å².